The lowest BCUT2D eigenvalue weighted by molar-refractivity contribution is -0.384. The molecule has 0 radical (unpaired) electrons. The maximum atomic E-state index is 12.8. The minimum absolute atomic E-state index is 0.0646. The second kappa shape index (κ2) is 8.57. The van der Waals surface area contributed by atoms with E-state index in [1.165, 1.54) is 0 Å². The number of halogens is 3. The number of amides is 1. The molecular weight excluding hydrogens is 379 g/mol. The molecule has 148 valence electrons. The number of nitrogens with zero attached hydrogens (tertiary/aromatic N) is 5. The first kappa shape index (κ1) is 21.0. The Labute approximate surface area is 158 Å². The predicted octanol–water partition coefficient (Wildman–Crippen LogP) is 2.71. The summed E-state index contributed by atoms with van der Waals surface area (Å²) in [4.78, 5) is 25.5. The number of carbonyl (C=O) groups excluding carboxylic acids is 1. The molecule has 0 spiro atoms. The largest absolute Gasteiger partial charge is 0.416 e. The fourth-order valence-electron chi connectivity index (χ4n) is 3.12. The topological polar surface area (TPSA) is 114 Å². The zero-order valence-electron chi connectivity index (χ0n) is 14.6. The second-order valence-electron chi connectivity index (χ2n) is 6.23. The molecule has 1 amide bonds. The number of hydrogen-bond donors (Lipinski definition) is 0. The van der Waals surface area contributed by atoms with E-state index in [1.54, 1.807) is 4.90 Å². The van der Waals surface area contributed by atoms with E-state index in [0.29, 0.717) is 18.9 Å². The highest BCUT2D eigenvalue weighted by Crippen LogP contribution is 2.37. The molecule has 2 rings (SSSR count). The normalized spacial score (nSPS) is 14.8. The molecule has 1 aliphatic rings. The Morgan fingerprint density at radius 2 is 1.82 bits per heavy atom. The van der Waals surface area contributed by atoms with E-state index < -0.39 is 28.3 Å². The number of anilines is 1. The van der Waals surface area contributed by atoms with Gasteiger partial charge in [0.15, 0.2) is 0 Å². The highest BCUT2D eigenvalue weighted by Gasteiger charge is 2.35. The van der Waals surface area contributed by atoms with Crippen LogP contribution in [0.3, 0.4) is 0 Å². The molecule has 1 heterocycles. The monoisotopic (exact) mass is 395 g/mol. The van der Waals surface area contributed by atoms with Gasteiger partial charge < -0.3 is 9.80 Å². The Bertz CT molecular complexity index is 820. The maximum Gasteiger partial charge on any atom is 0.416 e. The molecule has 0 unspecified atom stereocenters. The zero-order valence-corrected chi connectivity index (χ0v) is 14.6. The van der Waals surface area contributed by atoms with Crippen molar-refractivity contribution in [1.82, 2.24) is 4.90 Å². The predicted molar refractivity (Wildman–Crippen MR) is 90.8 cm³/mol. The van der Waals surface area contributed by atoms with Gasteiger partial charge in [0.25, 0.3) is 5.69 Å². The average molecular weight is 395 g/mol. The van der Waals surface area contributed by atoms with E-state index in [2.05, 4.69) is 0 Å². The quantitative estimate of drug-likeness (QED) is 0.430. The molecule has 0 atom stereocenters. The van der Waals surface area contributed by atoms with Crippen LogP contribution in [0.5, 0.6) is 0 Å². The van der Waals surface area contributed by atoms with Crippen LogP contribution in [0, 0.1) is 38.7 Å². The van der Waals surface area contributed by atoms with Crippen LogP contribution in [0.1, 0.15) is 18.4 Å². The summed E-state index contributed by atoms with van der Waals surface area (Å²) in [6, 6.07) is 6.01. The molecule has 1 fully saturated rings. The van der Waals surface area contributed by atoms with Gasteiger partial charge in [-0.25, -0.2) is 0 Å². The van der Waals surface area contributed by atoms with E-state index in [-0.39, 0.29) is 37.8 Å². The van der Waals surface area contributed by atoms with Crippen molar-refractivity contribution < 1.29 is 22.9 Å². The summed E-state index contributed by atoms with van der Waals surface area (Å²) in [6.45, 7) is 0.0408. The molecule has 1 aliphatic heterocycles. The molecule has 0 bridgehead atoms. The third-order valence-corrected chi connectivity index (χ3v) is 4.52. The Balaban J connectivity index is 2.15. The lowest BCUT2D eigenvalue weighted by Gasteiger charge is -2.34. The highest BCUT2D eigenvalue weighted by molar-refractivity contribution is 5.80. The van der Waals surface area contributed by atoms with E-state index >= 15 is 0 Å². The fourth-order valence-corrected chi connectivity index (χ4v) is 3.12. The molecule has 0 N–H and O–H groups in total. The molecule has 28 heavy (non-hydrogen) atoms. The number of alkyl halides is 3. The summed E-state index contributed by atoms with van der Waals surface area (Å²) in [5.74, 6) is -0.795. The highest BCUT2D eigenvalue weighted by atomic mass is 19.4. The van der Waals surface area contributed by atoms with Gasteiger partial charge in [-0.2, -0.15) is 23.7 Å². The molecule has 8 nitrogen and oxygen atoms in total. The van der Waals surface area contributed by atoms with Gasteiger partial charge >= 0.3 is 6.18 Å². The number of nitro groups is 1. The van der Waals surface area contributed by atoms with Crippen molar-refractivity contribution in [2.24, 2.45) is 5.92 Å². The van der Waals surface area contributed by atoms with Crippen LogP contribution in [-0.2, 0) is 11.0 Å². The van der Waals surface area contributed by atoms with E-state index in [1.807, 2.05) is 12.1 Å². The molecule has 1 aromatic rings. The Kier molecular flexibility index (Phi) is 6.41. The molecular formula is C17H16F3N5O3. The number of hydrogen-bond acceptors (Lipinski definition) is 6. The summed E-state index contributed by atoms with van der Waals surface area (Å²) >= 11 is 0. The summed E-state index contributed by atoms with van der Waals surface area (Å²) in [5.41, 5.74) is -1.68. The van der Waals surface area contributed by atoms with Crippen molar-refractivity contribution >= 4 is 17.3 Å². The first-order chi connectivity index (χ1) is 13.2. The van der Waals surface area contributed by atoms with Crippen LogP contribution in [-0.4, -0.2) is 41.9 Å². The maximum absolute atomic E-state index is 12.8. The van der Waals surface area contributed by atoms with Crippen molar-refractivity contribution in [3.63, 3.8) is 0 Å². The van der Waals surface area contributed by atoms with Crippen LogP contribution in [0.4, 0.5) is 24.5 Å². The van der Waals surface area contributed by atoms with E-state index in [9.17, 15) is 28.1 Å². The minimum atomic E-state index is -4.69. The van der Waals surface area contributed by atoms with Crippen molar-refractivity contribution in [3.05, 3.63) is 33.9 Å². The Hall–Kier alpha value is -3.34. The third kappa shape index (κ3) is 4.68. The average Bonchev–Trinajstić information content (AvgIpc) is 2.66. The van der Waals surface area contributed by atoms with Gasteiger partial charge in [-0.1, -0.05) is 0 Å². The van der Waals surface area contributed by atoms with Crippen LogP contribution >= 0.6 is 0 Å². The first-order valence-corrected chi connectivity index (χ1v) is 8.32. The third-order valence-electron chi connectivity index (χ3n) is 4.52. The lowest BCUT2D eigenvalue weighted by Crippen LogP contribution is -2.43. The molecule has 1 saturated heterocycles. The standard InChI is InChI=1S/C17H16F3N5O3/c18-17(19,20)13-1-2-14(15(11-13)25(27)28)23-7-3-12(4-8-23)16(26)24(9-5-21)10-6-22/h1-2,11-12H,3-4,7-10H2. The second-order valence-corrected chi connectivity index (χ2v) is 6.23. The van der Waals surface area contributed by atoms with Crippen molar-refractivity contribution in [1.29, 1.82) is 10.5 Å². The lowest BCUT2D eigenvalue weighted by atomic mass is 9.94. The number of benzene rings is 1. The smallest absolute Gasteiger partial charge is 0.366 e. The number of carbonyl (C=O) groups is 1. The molecule has 11 heteroatoms. The summed E-state index contributed by atoms with van der Waals surface area (Å²) in [6.07, 6.45) is -4.07. The van der Waals surface area contributed by atoms with Gasteiger partial charge in [-0.05, 0) is 25.0 Å². The van der Waals surface area contributed by atoms with E-state index in [0.717, 1.165) is 17.0 Å². The van der Waals surface area contributed by atoms with E-state index in [4.69, 9.17) is 10.5 Å². The zero-order chi connectivity index (χ0) is 20.9. The van der Waals surface area contributed by atoms with Crippen LogP contribution in [0.25, 0.3) is 0 Å². The van der Waals surface area contributed by atoms with Crippen LogP contribution < -0.4 is 4.90 Å². The van der Waals surface area contributed by atoms with Gasteiger partial charge in [0.1, 0.15) is 18.8 Å². The minimum Gasteiger partial charge on any atom is -0.366 e. The van der Waals surface area contributed by atoms with Crippen LogP contribution in [0.15, 0.2) is 18.2 Å². The number of nitro benzene ring substituents is 1. The van der Waals surface area contributed by atoms with Crippen molar-refractivity contribution in [2.75, 3.05) is 31.1 Å². The van der Waals surface area contributed by atoms with Crippen molar-refractivity contribution in [2.45, 2.75) is 19.0 Å². The summed E-state index contributed by atoms with van der Waals surface area (Å²) in [7, 11) is 0. The molecule has 1 aromatic carbocycles. The Morgan fingerprint density at radius 1 is 1.25 bits per heavy atom. The first-order valence-electron chi connectivity index (χ1n) is 8.32. The number of piperidine rings is 1. The summed E-state index contributed by atoms with van der Waals surface area (Å²) < 4.78 is 38.5. The van der Waals surface area contributed by atoms with Gasteiger partial charge in [-0.3, -0.25) is 14.9 Å². The number of rotatable bonds is 5. The van der Waals surface area contributed by atoms with Crippen molar-refractivity contribution in [3.8, 4) is 12.1 Å². The molecule has 0 saturated carbocycles. The SMILES string of the molecule is N#CCN(CC#N)C(=O)C1CCN(c2ccc(C(F)(F)F)cc2[N+](=O)[O-])CC1. The summed E-state index contributed by atoms with van der Waals surface area (Å²) in [5, 5.41) is 28.8. The van der Waals surface area contributed by atoms with Gasteiger partial charge in [0.2, 0.25) is 5.91 Å². The van der Waals surface area contributed by atoms with Gasteiger partial charge in [0.05, 0.1) is 22.6 Å². The van der Waals surface area contributed by atoms with Gasteiger partial charge in [0, 0.05) is 25.1 Å². The molecule has 0 aromatic heterocycles. The number of nitriles is 2. The Morgan fingerprint density at radius 3 is 2.29 bits per heavy atom. The fraction of sp³-hybridized carbons (Fsp3) is 0.471. The van der Waals surface area contributed by atoms with Crippen LogP contribution in [0.2, 0.25) is 0 Å². The molecule has 0 aliphatic carbocycles. The van der Waals surface area contributed by atoms with Gasteiger partial charge in [-0.15, -0.1) is 0 Å².